The number of hydrogen-bond acceptors (Lipinski definition) is 0. The summed E-state index contributed by atoms with van der Waals surface area (Å²) in [5, 5.41) is 0. The Balaban J connectivity index is 2.14. The number of rotatable bonds is 3. The highest BCUT2D eigenvalue weighted by atomic mass is 14.2. The average molecular weight is 184 g/mol. The molecule has 0 nitrogen and oxygen atoms in total. The highest BCUT2D eigenvalue weighted by molar-refractivity contribution is 5.63. The van der Waals surface area contributed by atoms with Gasteiger partial charge in [-0.05, 0) is 17.5 Å². The molecule has 0 heteroatoms. The first-order valence-electron chi connectivity index (χ1n) is 5.35. The maximum absolute atomic E-state index is 2.31. The standard InChI is InChI=1S/C14H16/c1-2-3-4-7-12-10-11-13-8-5-6-9-14(12)13/h4-12H,2-3H2,1H3. The van der Waals surface area contributed by atoms with Gasteiger partial charge in [-0.3, -0.25) is 0 Å². The lowest BCUT2D eigenvalue weighted by molar-refractivity contribution is 0.946. The first-order valence-corrected chi connectivity index (χ1v) is 5.35. The molecule has 0 N–H and O–H groups in total. The van der Waals surface area contributed by atoms with Gasteiger partial charge >= 0.3 is 0 Å². The van der Waals surface area contributed by atoms with Crippen LogP contribution in [-0.4, -0.2) is 0 Å². The molecule has 0 aliphatic heterocycles. The third-order valence-electron chi connectivity index (χ3n) is 2.64. The zero-order valence-corrected chi connectivity index (χ0v) is 8.61. The van der Waals surface area contributed by atoms with Crippen molar-refractivity contribution in [3.8, 4) is 0 Å². The highest BCUT2D eigenvalue weighted by Gasteiger charge is 2.12. The Morgan fingerprint density at radius 3 is 3.00 bits per heavy atom. The van der Waals surface area contributed by atoms with E-state index in [0.29, 0.717) is 5.92 Å². The highest BCUT2D eigenvalue weighted by Crippen LogP contribution is 2.30. The first kappa shape index (κ1) is 9.26. The van der Waals surface area contributed by atoms with Crippen LogP contribution >= 0.6 is 0 Å². The van der Waals surface area contributed by atoms with Crippen LogP contribution in [0.3, 0.4) is 0 Å². The smallest absolute Gasteiger partial charge is 0.0207 e. The van der Waals surface area contributed by atoms with Gasteiger partial charge < -0.3 is 0 Å². The second-order valence-corrected chi connectivity index (χ2v) is 3.73. The Labute approximate surface area is 86.0 Å². The Morgan fingerprint density at radius 1 is 1.29 bits per heavy atom. The molecule has 1 aromatic rings. The van der Waals surface area contributed by atoms with Crippen molar-refractivity contribution in [3.05, 3.63) is 53.6 Å². The summed E-state index contributed by atoms with van der Waals surface area (Å²) in [4.78, 5) is 0. The Hall–Kier alpha value is -1.30. The summed E-state index contributed by atoms with van der Waals surface area (Å²) in [6.45, 7) is 2.21. The predicted molar refractivity (Wildman–Crippen MR) is 62.3 cm³/mol. The molecule has 1 aliphatic carbocycles. The minimum atomic E-state index is 0.512. The molecule has 0 spiro atoms. The van der Waals surface area contributed by atoms with Crippen LogP contribution in [0.5, 0.6) is 0 Å². The van der Waals surface area contributed by atoms with E-state index in [2.05, 4.69) is 55.5 Å². The lowest BCUT2D eigenvalue weighted by atomic mass is 10.00. The topological polar surface area (TPSA) is 0 Å². The molecule has 1 atom stereocenters. The lowest BCUT2D eigenvalue weighted by Crippen LogP contribution is -1.87. The molecule has 1 aromatic carbocycles. The molecule has 14 heavy (non-hydrogen) atoms. The molecule has 2 rings (SSSR count). The zero-order chi connectivity index (χ0) is 9.80. The maximum atomic E-state index is 2.31. The number of allylic oxidation sites excluding steroid dienone is 3. The van der Waals surface area contributed by atoms with Gasteiger partial charge in [0.05, 0.1) is 0 Å². The van der Waals surface area contributed by atoms with E-state index in [4.69, 9.17) is 0 Å². The van der Waals surface area contributed by atoms with E-state index < -0.39 is 0 Å². The van der Waals surface area contributed by atoms with Crippen LogP contribution in [0.1, 0.15) is 36.8 Å². The van der Waals surface area contributed by atoms with Crippen molar-refractivity contribution in [2.45, 2.75) is 25.7 Å². The summed E-state index contributed by atoms with van der Waals surface area (Å²) in [5.74, 6) is 0.512. The van der Waals surface area contributed by atoms with Crippen LogP contribution in [0.25, 0.3) is 6.08 Å². The number of fused-ring (bicyclic) bond motifs is 1. The minimum absolute atomic E-state index is 0.512. The van der Waals surface area contributed by atoms with Crippen molar-refractivity contribution in [3.63, 3.8) is 0 Å². The molecule has 0 fully saturated rings. The van der Waals surface area contributed by atoms with Crippen LogP contribution in [0.15, 0.2) is 42.5 Å². The molecule has 0 aromatic heterocycles. The SMILES string of the molecule is CCCC=CC1C=Cc2ccccc21. The molecule has 0 radical (unpaired) electrons. The van der Waals surface area contributed by atoms with E-state index in [1.165, 1.54) is 24.0 Å². The van der Waals surface area contributed by atoms with Crippen LogP contribution in [0, 0.1) is 0 Å². The van der Waals surface area contributed by atoms with Crippen molar-refractivity contribution >= 4 is 6.08 Å². The minimum Gasteiger partial charge on any atom is -0.0876 e. The summed E-state index contributed by atoms with van der Waals surface area (Å²) in [5.41, 5.74) is 2.82. The average Bonchev–Trinajstić information content (AvgIpc) is 2.63. The molecule has 0 saturated heterocycles. The van der Waals surface area contributed by atoms with Crippen molar-refractivity contribution in [1.29, 1.82) is 0 Å². The van der Waals surface area contributed by atoms with Crippen LogP contribution in [0.2, 0.25) is 0 Å². The molecule has 1 unspecified atom stereocenters. The van der Waals surface area contributed by atoms with Crippen molar-refractivity contribution in [1.82, 2.24) is 0 Å². The normalized spacial score (nSPS) is 19.1. The summed E-state index contributed by atoms with van der Waals surface area (Å²) in [7, 11) is 0. The summed E-state index contributed by atoms with van der Waals surface area (Å²) in [6.07, 6.45) is 11.5. The van der Waals surface area contributed by atoms with Crippen molar-refractivity contribution < 1.29 is 0 Å². The maximum Gasteiger partial charge on any atom is 0.0207 e. The monoisotopic (exact) mass is 184 g/mol. The third-order valence-corrected chi connectivity index (χ3v) is 2.64. The second kappa shape index (κ2) is 4.28. The second-order valence-electron chi connectivity index (χ2n) is 3.73. The van der Waals surface area contributed by atoms with Gasteiger partial charge in [-0.2, -0.15) is 0 Å². The first-order chi connectivity index (χ1) is 6.92. The van der Waals surface area contributed by atoms with Crippen LogP contribution < -0.4 is 0 Å². The molecule has 0 bridgehead atoms. The van der Waals surface area contributed by atoms with Gasteiger partial charge in [-0.1, -0.05) is 61.9 Å². The van der Waals surface area contributed by atoms with E-state index >= 15 is 0 Å². The molecule has 72 valence electrons. The Morgan fingerprint density at radius 2 is 2.14 bits per heavy atom. The summed E-state index contributed by atoms with van der Waals surface area (Å²) in [6, 6.07) is 8.61. The lowest BCUT2D eigenvalue weighted by Gasteiger charge is -2.04. The van der Waals surface area contributed by atoms with Gasteiger partial charge in [0.1, 0.15) is 0 Å². The largest absolute Gasteiger partial charge is 0.0876 e. The van der Waals surface area contributed by atoms with Gasteiger partial charge in [-0.25, -0.2) is 0 Å². The van der Waals surface area contributed by atoms with Gasteiger partial charge in [0.2, 0.25) is 0 Å². The van der Waals surface area contributed by atoms with Crippen LogP contribution in [0.4, 0.5) is 0 Å². The molecule has 0 heterocycles. The molecule has 0 saturated carbocycles. The zero-order valence-electron chi connectivity index (χ0n) is 8.61. The quantitative estimate of drug-likeness (QED) is 0.619. The van der Waals surface area contributed by atoms with E-state index in [1.807, 2.05) is 0 Å². The molecular formula is C14H16. The number of unbranched alkanes of at least 4 members (excludes halogenated alkanes) is 1. The fraction of sp³-hybridized carbons (Fsp3) is 0.286. The third kappa shape index (κ3) is 1.79. The number of hydrogen-bond donors (Lipinski definition) is 0. The fourth-order valence-electron chi connectivity index (χ4n) is 1.85. The molecule has 0 amide bonds. The summed E-state index contributed by atoms with van der Waals surface area (Å²) >= 11 is 0. The van der Waals surface area contributed by atoms with E-state index in [9.17, 15) is 0 Å². The van der Waals surface area contributed by atoms with E-state index in [-0.39, 0.29) is 0 Å². The summed E-state index contributed by atoms with van der Waals surface area (Å²) < 4.78 is 0. The van der Waals surface area contributed by atoms with Gasteiger partial charge in [0, 0.05) is 5.92 Å². The van der Waals surface area contributed by atoms with E-state index in [1.54, 1.807) is 0 Å². The van der Waals surface area contributed by atoms with Gasteiger partial charge in [0.15, 0.2) is 0 Å². The van der Waals surface area contributed by atoms with Crippen molar-refractivity contribution in [2.24, 2.45) is 0 Å². The van der Waals surface area contributed by atoms with Gasteiger partial charge in [-0.15, -0.1) is 0 Å². The Bertz CT molecular complexity index is 358. The predicted octanol–water partition coefficient (Wildman–Crippen LogP) is 4.15. The van der Waals surface area contributed by atoms with E-state index in [0.717, 1.165) is 0 Å². The van der Waals surface area contributed by atoms with Gasteiger partial charge in [0.25, 0.3) is 0 Å². The fourth-order valence-corrected chi connectivity index (χ4v) is 1.85. The number of benzene rings is 1. The van der Waals surface area contributed by atoms with Crippen LogP contribution in [-0.2, 0) is 0 Å². The van der Waals surface area contributed by atoms with Crippen molar-refractivity contribution in [2.75, 3.05) is 0 Å². The molecular weight excluding hydrogens is 168 g/mol. The Kier molecular flexibility index (Phi) is 2.83. The molecule has 1 aliphatic rings.